The minimum atomic E-state index is -2.91. The van der Waals surface area contributed by atoms with Gasteiger partial charge in [-0.1, -0.05) is 42.5 Å². The van der Waals surface area contributed by atoms with Crippen LogP contribution in [0.15, 0.2) is 60.0 Å². The zero-order valence-corrected chi connectivity index (χ0v) is 16.6. The minimum Gasteiger partial charge on any atom is -0.434 e. The van der Waals surface area contributed by atoms with Crippen LogP contribution in [0.3, 0.4) is 0 Å². The SMILES string of the molecule is Cc1nc(-c2ccc(CCNC(=O)/C=C/c3ccccc3OC(F)F)cc2)cs1. The van der Waals surface area contributed by atoms with Crippen molar-refractivity contribution in [3.8, 4) is 17.0 Å². The second-order valence-corrected chi connectivity index (χ2v) is 7.30. The van der Waals surface area contributed by atoms with E-state index in [9.17, 15) is 13.6 Å². The van der Waals surface area contributed by atoms with Crippen molar-refractivity contribution in [3.05, 3.63) is 76.1 Å². The van der Waals surface area contributed by atoms with Gasteiger partial charge in [0.05, 0.1) is 10.7 Å². The monoisotopic (exact) mass is 414 g/mol. The van der Waals surface area contributed by atoms with Gasteiger partial charge in [-0.05, 0) is 31.1 Å². The first-order valence-electron chi connectivity index (χ1n) is 9.02. The van der Waals surface area contributed by atoms with Crippen LogP contribution in [-0.4, -0.2) is 24.0 Å². The van der Waals surface area contributed by atoms with Crippen molar-refractivity contribution in [1.29, 1.82) is 0 Å². The number of halogens is 2. The highest BCUT2D eigenvalue weighted by molar-refractivity contribution is 7.09. The van der Waals surface area contributed by atoms with Gasteiger partial charge in [-0.15, -0.1) is 11.3 Å². The average Bonchev–Trinajstić information content (AvgIpc) is 3.14. The lowest BCUT2D eigenvalue weighted by molar-refractivity contribution is -0.116. The number of carbonyl (C=O) groups is 1. The zero-order chi connectivity index (χ0) is 20.6. The molecule has 0 saturated heterocycles. The fraction of sp³-hybridized carbons (Fsp3) is 0.182. The molecule has 29 heavy (non-hydrogen) atoms. The molecule has 0 unspecified atom stereocenters. The number of amides is 1. The molecule has 0 fully saturated rings. The maximum atomic E-state index is 12.4. The number of hydrogen-bond acceptors (Lipinski definition) is 4. The Morgan fingerprint density at radius 1 is 1.21 bits per heavy atom. The molecule has 0 radical (unpaired) electrons. The molecule has 3 rings (SSSR count). The smallest absolute Gasteiger partial charge is 0.387 e. The molecule has 3 aromatic rings. The van der Waals surface area contributed by atoms with Crippen LogP contribution in [0, 0.1) is 6.92 Å². The predicted molar refractivity (Wildman–Crippen MR) is 111 cm³/mol. The van der Waals surface area contributed by atoms with E-state index in [2.05, 4.69) is 15.0 Å². The van der Waals surface area contributed by atoms with E-state index in [0.717, 1.165) is 21.8 Å². The second kappa shape index (κ2) is 9.93. The van der Waals surface area contributed by atoms with Gasteiger partial charge in [0.2, 0.25) is 5.91 Å². The molecule has 1 N–H and O–H groups in total. The molecule has 0 saturated carbocycles. The highest BCUT2D eigenvalue weighted by atomic mass is 32.1. The van der Waals surface area contributed by atoms with Crippen molar-refractivity contribution in [3.63, 3.8) is 0 Å². The highest BCUT2D eigenvalue weighted by Crippen LogP contribution is 2.22. The van der Waals surface area contributed by atoms with Crippen LogP contribution in [0.1, 0.15) is 16.1 Å². The molecule has 1 aromatic heterocycles. The van der Waals surface area contributed by atoms with Gasteiger partial charge in [0, 0.05) is 29.1 Å². The number of thiazole rings is 1. The first-order valence-corrected chi connectivity index (χ1v) is 9.90. The average molecular weight is 414 g/mol. The van der Waals surface area contributed by atoms with Gasteiger partial charge >= 0.3 is 6.61 Å². The molecule has 0 atom stereocenters. The van der Waals surface area contributed by atoms with E-state index in [-0.39, 0.29) is 11.7 Å². The van der Waals surface area contributed by atoms with Gasteiger partial charge in [0.25, 0.3) is 0 Å². The van der Waals surface area contributed by atoms with E-state index in [1.165, 1.54) is 18.2 Å². The quantitative estimate of drug-likeness (QED) is 0.522. The third-order valence-electron chi connectivity index (χ3n) is 4.13. The van der Waals surface area contributed by atoms with Crippen molar-refractivity contribution in [2.45, 2.75) is 20.0 Å². The number of hydrogen-bond donors (Lipinski definition) is 1. The first kappa shape index (κ1) is 20.7. The maximum Gasteiger partial charge on any atom is 0.387 e. The van der Waals surface area contributed by atoms with E-state index in [4.69, 9.17) is 0 Å². The summed E-state index contributed by atoms with van der Waals surface area (Å²) < 4.78 is 29.3. The van der Waals surface area contributed by atoms with Crippen LogP contribution in [0.2, 0.25) is 0 Å². The summed E-state index contributed by atoms with van der Waals surface area (Å²) in [6.07, 6.45) is 3.44. The number of alkyl halides is 2. The zero-order valence-electron chi connectivity index (χ0n) is 15.8. The number of ether oxygens (including phenoxy) is 1. The van der Waals surface area contributed by atoms with Crippen molar-refractivity contribution in [2.24, 2.45) is 0 Å². The second-order valence-electron chi connectivity index (χ2n) is 6.24. The Labute approximate surface area is 171 Å². The molecule has 0 aliphatic heterocycles. The van der Waals surface area contributed by atoms with Gasteiger partial charge in [-0.3, -0.25) is 4.79 Å². The van der Waals surface area contributed by atoms with E-state index in [1.54, 1.807) is 29.5 Å². The molecular weight excluding hydrogens is 394 g/mol. The molecule has 0 spiro atoms. The minimum absolute atomic E-state index is 0.0296. The Morgan fingerprint density at radius 3 is 2.66 bits per heavy atom. The summed E-state index contributed by atoms with van der Waals surface area (Å²) in [6, 6.07) is 14.4. The molecule has 7 heteroatoms. The summed E-state index contributed by atoms with van der Waals surface area (Å²) in [7, 11) is 0. The van der Waals surface area contributed by atoms with E-state index in [1.807, 2.05) is 36.6 Å². The summed E-state index contributed by atoms with van der Waals surface area (Å²) in [4.78, 5) is 16.5. The van der Waals surface area contributed by atoms with Crippen LogP contribution in [0.5, 0.6) is 5.75 Å². The summed E-state index contributed by atoms with van der Waals surface area (Å²) in [5.41, 5.74) is 3.54. The molecule has 0 aliphatic rings. The lowest BCUT2D eigenvalue weighted by atomic mass is 10.1. The van der Waals surface area contributed by atoms with Gasteiger partial charge < -0.3 is 10.1 Å². The number of carbonyl (C=O) groups excluding carboxylic acids is 1. The lowest BCUT2D eigenvalue weighted by Gasteiger charge is -2.07. The number of nitrogens with one attached hydrogen (secondary N) is 1. The number of rotatable bonds is 8. The first-order chi connectivity index (χ1) is 14.0. The van der Waals surface area contributed by atoms with Crippen LogP contribution in [0.4, 0.5) is 8.78 Å². The maximum absolute atomic E-state index is 12.4. The lowest BCUT2D eigenvalue weighted by Crippen LogP contribution is -2.23. The predicted octanol–water partition coefficient (Wildman–Crippen LogP) is 5.09. The van der Waals surface area contributed by atoms with Crippen LogP contribution in [-0.2, 0) is 11.2 Å². The Bertz CT molecular complexity index is 984. The number of para-hydroxylation sites is 1. The van der Waals surface area contributed by atoms with Crippen molar-refractivity contribution in [1.82, 2.24) is 10.3 Å². The Hall–Kier alpha value is -3.06. The number of benzene rings is 2. The highest BCUT2D eigenvalue weighted by Gasteiger charge is 2.07. The topological polar surface area (TPSA) is 51.2 Å². The third-order valence-corrected chi connectivity index (χ3v) is 4.90. The summed E-state index contributed by atoms with van der Waals surface area (Å²) in [5.74, 6) is -0.270. The van der Waals surface area contributed by atoms with Gasteiger partial charge in [-0.25, -0.2) is 4.98 Å². The third kappa shape index (κ3) is 6.22. The molecular formula is C22H20F2N2O2S. The van der Waals surface area contributed by atoms with E-state index < -0.39 is 6.61 Å². The number of aryl methyl sites for hydroxylation is 1. The normalized spacial score (nSPS) is 11.2. The summed E-state index contributed by atoms with van der Waals surface area (Å²) in [5, 5.41) is 5.85. The van der Waals surface area contributed by atoms with E-state index in [0.29, 0.717) is 18.5 Å². The Morgan fingerprint density at radius 2 is 1.97 bits per heavy atom. The molecule has 4 nitrogen and oxygen atoms in total. The number of aromatic nitrogens is 1. The Kier molecular flexibility index (Phi) is 7.08. The van der Waals surface area contributed by atoms with Crippen molar-refractivity contribution < 1.29 is 18.3 Å². The molecule has 1 amide bonds. The summed E-state index contributed by atoms with van der Waals surface area (Å²) >= 11 is 1.62. The fourth-order valence-corrected chi connectivity index (χ4v) is 3.34. The number of nitrogens with zero attached hydrogens (tertiary/aromatic N) is 1. The van der Waals surface area contributed by atoms with Crippen LogP contribution < -0.4 is 10.1 Å². The van der Waals surface area contributed by atoms with Crippen LogP contribution in [0.25, 0.3) is 17.3 Å². The molecule has 2 aromatic carbocycles. The Balaban J connectivity index is 1.49. The van der Waals surface area contributed by atoms with Gasteiger partial charge in [-0.2, -0.15) is 8.78 Å². The van der Waals surface area contributed by atoms with Crippen molar-refractivity contribution in [2.75, 3.05) is 6.54 Å². The molecule has 150 valence electrons. The largest absolute Gasteiger partial charge is 0.434 e. The fourth-order valence-electron chi connectivity index (χ4n) is 2.71. The van der Waals surface area contributed by atoms with Crippen LogP contribution >= 0.6 is 11.3 Å². The standard InChI is InChI=1S/C22H20F2N2O2S/c1-15-26-19(14-29-15)17-8-6-16(7-9-17)12-13-25-21(27)11-10-18-4-2-3-5-20(18)28-22(23)24/h2-11,14,22H,12-13H2,1H3,(H,25,27)/b11-10+. The molecule has 0 bridgehead atoms. The van der Waals surface area contributed by atoms with E-state index >= 15 is 0 Å². The molecule has 1 heterocycles. The van der Waals surface area contributed by atoms with Gasteiger partial charge in [0.15, 0.2) is 0 Å². The molecule has 0 aliphatic carbocycles. The van der Waals surface area contributed by atoms with Gasteiger partial charge in [0.1, 0.15) is 5.75 Å². The summed E-state index contributed by atoms with van der Waals surface area (Å²) in [6.45, 7) is -0.471. The van der Waals surface area contributed by atoms with Crippen molar-refractivity contribution >= 4 is 23.3 Å².